The minimum absolute atomic E-state index is 0.179. The number of para-hydroxylation sites is 1. The van der Waals surface area contributed by atoms with E-state index in [1.165, 1.54) is 0 Å². The molecule has 0 fully saturated rings. The minimum atomic E-state index is -0.179. The van der Waals surface area contributed by atoms with Crippen molar-refractivity contribution in [2.45, 2.75) is 39.4 Å². The van der Waals surface area contributed by atoms with Gasteiger partial charge in [-0.25, -0.2) is 9.97 Å². The number of anilines is 1. The van der Waals surface area contributed by atoms with Gasteiger partial charge in [0.1, 0.15) is 5.82 Å². The van der Waals surface area contributed by atoms with E-state index in [-0.39, 0.29) is 5.91 Å². The molecule has 3 heterocycles. The summed E-state index contributed by atoms with van der Waals surface area (Å²) in [6.45, 7) is 5.39. The molecule has 1 aliphatic heterocycles. The van der Waals surface area contributed by atoms with Crippen molar-refractivity contribution >= 4 is 11.6 Å². The molecule has 0 radical (unpaired) electrons. The van der Waals surface area contributed by atoms with Crippen LogP contribution in [0.5, 0.6) is 0 Å². The first-order valence-corrected chi connectivity index (χ1v) is 9.66. The molecule has 0 bridgehead atoms. The number of aryl methyl sites for hydroxylation is 2. The summed E-state index contributed by atoms with van der Waals surface area (Å²) in [5.41, 5.74) is 3.39. The number of rotatable bonds is 5. The maximum atomic E-state index is 12.5. The fraction of sp³-hybridized carbons (Fsp3) is 0.333. The number of hydrogen-bond donors (Lipinski definition) is 1. The van der Waals surface area contributed by atoms with Crippen molar-refractivity contribution in [2.24, 2.45) is 0 Å². The molecule has 0 saturated carbocycles. The Bertz CT molecular complexity index is 935. The molecule has 0 atom stereocenters. The number of hydrogen-bond acceptors (Lipinski definition) is 5. The largest absolute Gasteiger partial charge is 0.321 e. The molecule has 1 aromatic carbocycles. The van der Waals surface area contributed by atoms with Crippen molar-refractivity contribution in [3.05, 3.63) is 71.6 Å². The summed E-state index contributed by atoms with van der Waals surface area (Å²) in [4.78, 5) is 23.7. The Morgan fingerprint density at radius 1 is 1.14 bits per heavy atom. The maximum absolute atomic E-state index is 12.5. The standard InChI is InChI=1S/C21H24N6O/c1-2-20-22-12-16(13-23-20)14-26-9-6-10-27-18(15-26)11-19(25-27)21(28)24-17-7-4-3-5-8-17/h3-5,7-8,11-13H,2,6,9-10,14-15H2,1H3,(H,24,28). The third-order valence-electron chi connectivity index (χ3n) is 4.84. The van der Waals surface area contributed by atoms with Gasteiger partial charge < -0.3 is 5.32 Å². The Kier molecular flexibility index (Phi) is 5.43. The van der Waals surface area contributed by atoms with Gasteiger partial charge in [0.05, 0.1) is 5.69 Å². The second-order valence-corrected chi connectivity index (χ2v) is 6.99. The molecule has 3 aromatic rings. The molecular weight excluding hydrogens is 352 g/mol. The zero-order valence-electron chi connectivity index (χ0n) is 16.0. The predicted molar refractivity (Wildman–Crippen MR) is 107 cm³/mol. The second-order valence-electron chi connectivity index (χ2n) is 6.99. The molecule has 1 amide bonds. The molecule has 1 N–H and O–H groups in total. The van der Waals surface area contributed by atoms with Crippen LogP contribution in [0.3, 0.4) is 0 Å². The summed E-state index contributed by atoms with van der Waals surface area (Å²) in [5.74, 6) is 0.689. The van der Waals surface area contributed by atoms with Gasteiger partial charge in [0, 0.05) is 56.2 Å². The lowest BCUT2D eigenvalue weighted by atomic mass is 10.2. The number of nitrogens with zero attached hydrogens (tertiary/aromatic N) is 5. The molecule has 2 aromatic heterocycles. The lowest BCUT2D eigenvalue weighted by molar-refractivity contribution is 0.102. The van der Waals surface area contributed by atoms with Gasteiger partial charge in [-0.3, -0.25) is 14.4 Å². The summed E-state index contributed by atoms with van der Waals surface area (Å²) in [5, 5.41) is 7.42. The van der Waals surface area contributed by atoms with Gasteiger partial charge in [-0.15, -0.1) is 0 Å². The van der Waals surface area contributed by atoms with Crippen LogP contribution in [-0.2, 0) is 26.1 Å². The van der Waals surface area contributed by atoms with Gasteiger partial charge in [0.15, 0.2) is 5.69 Å². The highest BCUT2D eigenvalue weighted by atomic mass is 16.1. The number of nitrogens with one attached hydrogen (secondary N) is 1. The Labute approximate surface area is 164 Å². The van der Waals surface area contributed by atoms with Crippen LogP contribution >= 0.6 is 0 Å². The molecule has 7 nitrogen and oxygen atoms in total. The van der Waals surface area contributed by atoms with E-state index in [2.05, 4.69) is 32.2 Å². The number of aromatic nitrogens is 4. The summed E-state index contributed by atoms with van der Waals surface area (Å²) >= 11 is 0. The SMILES string of the molecule is CCc1ncc(CN2CCCn3nc(C(=O)Nc4ccccc4)cc3C2)cn1. The fourth-order valence-electron chi connectivity index (χ4n) is 3.40. The second kappa shape index (κ2) is 8.31. The van der Waals surface area contributed by atoms with Crippen LogP contribution in [0.2, 0.25) is 0 Å². The predicted octanol–water partition coefficient (Wildman–Crippen LogP) is 2.89. The van der Waals surface area contributed by atoms with Crippen LogP contribution in [0.4, 0.5) is 5.69 Å². The van der Waals surface area contributed by atoms with E-state index in [9.17, 15) is 4.79 Å². The molecule has 0 aliphatic carbocycles. The number of carbonyl (C=O) groups excluding carboxylic acids is 1. The van der Waals surface area contributed by atoms with Crippen LogP contribution < -0.4 is 5.32 Å². The average Bonchev–Trinajstić information content (AvgIpc) is 3.03. The summed E-state index contributed by atoms with van der Waals surface area (Å²) < 4.78 is 1.95. The quantitative estimate of drug-likeness (QED) is 0.741. The van der Waals surface area contributed by atoms with Gasteiger partial charge in [-0.05, 0) is 24.6 Å². The van der Waals surface area contributed by atoms with Gasteiger partial charge in [-0.2, -0.15) is 5.10 Å². The average molecular weight is 376 g/mol. The highest BCUT2D eigenvalue weighted by Gasteiger charge is 2.20. The van der Waals surface area contributed by atoms with Crippen molar-refractivity contribution in [1.82, 2.24) is 24.6 Å². The van der Waals surface area contributed by atoms with E-state index in [0.717, 1.165) is 61.8 Å². The molecule has 0 spiro atoms. The van der Waals surface area contributed by atoms with Crippen molar-refractivity contribution in [1.29, 1.82) is 0 Å². The van der Waals surface area contributed by atoms with Crippen LogP contribution in [0, 0.1) is 0 Å². The summed E-state index contributed by atoms with van der Waals surface area (Å²) in [6, 6.07) is 11.3. The molecule has 1 aliphatic rings. The lowest BCUT2D eigenvalue weighted by Gasteiger charge is -2.19. The zero-order chi connectivity index (χ0) is 19.3. The molecule has 0 saturated heterocycles. The number of amides is 1. The Hall–Kier alpha value is -3.06. The summed E-state index contributed by atoms with van der Waals surface area (Å²) in [7, 11) is 0. The van der Waals surface area contributed by atoms with Crippen molar-refractivity contribution in [2.75, 3.05) is 11.9 Å². The summed E-state index contributed by atoms with van der Waals surface area (Å²) in [6.07, 6.45) is 5.65. The van der Waals surface area contributed by atoms with Crippen molar-refractivity contribution < 1.29 is 4.79 Å². The first kappa shape index (κ1) is 18.3. The molecule has 7 heteroatoms. The normalized spacial score (nSPS) is 14.3. The van der Waals surface area contributed by atoms with Crippen molar-refractivity contribution in [3.63, 3.8) is 0 Å². The van der Waals surface area contributed by atoms with Crippen LogP contribution in [0.1, 0.15) is 40.9 Å². The molecular formula is C21H24N6O. The Balaban J connectivity index is 1.44. The van der Waals surface area contributed by atoms with E-state index in [1.807, 2.05) is 53.5 Å². The molecule has 0 unspecified atom stereocenters. The number of fused-ring (bicyclic) bond motifs is 1. The van der Waals surface area contributed by atoms with E-state index in [4.69, 9.17) is 0 Å². The van der Waals surface area contributed by atoms with Crippen LogP contribution in [0.15, 0.2) is 48.8 Å². The molecule has 144 valence electrons. The lowest BCUT2D eigenvalue weighted by Crippen LogP contribution is -2.23. The van der Waals surface area contributed by atoms with Crippen molar-refractivity contribution in [3.8, 4) is 0 Å². The molecule has 28 heavy (non-hydrogen) atoms. The van der Waals surface area contributed by atoms with E-state index in [1.54, 1.807) is 0 Å². The van der Waals surface area contributed by atoms with E-state index < -0.39 is 0 Å². The number of benzene rings is 1. The monoisotopic (exact) mass is 376 g/mol. The Morgan fingerprint density at radius 3 is 2.68 bits per heavy atom. The first-order valence-electron chi connectivity index (χ1n) is 9.66. The highest BCUT2D eigenvalue weighted by Crippen LogP contribution is 2.17. The first-order chi connectivity index (χ1) is 13.7. The van der Waals surface area contributed by atoms with E-state index >= 15 is 0 Å². The third kappa shape index (κ3) is 4.26. The van der Waals surface area contributed by atoms with E-state index in [0.29, 0.717) is 5.69 Å². The minimum Gasteiger partial charge on any atom is -0.321 e. The Morgan fingerprint density at radius 2 is 1.93 bits per heavy atom. The third-order valence-corrected chi connectivity index (χ3v) is 4.84. The van der Waals surface area contributed by atoms with Crippen LogP contribution in [-0.4, -0.2) is 37.1 Å². The topological polar surface area (TPSA) is 75.9 Å². The van der Waals surface area contributed by atoms with Crippen LogP contribution in [0.25, 0.3) is 0 Å². The smallest absolute Gasteiger partial charge is 0.276 e. The maximum Gasteiger partial charge on any atom is 0.276 e. The van der Waals surface area contributed by atoms with Gasteiger partial charge in [-0.1, -0.05) is 25.1 Å². The van der Waals surface area contributed by atoms with Gasteiger partial charge >= 0.3 is 0 Å². The fourth-order valence-corrected chi connectivity index (χ4v) is 3.40. The zero-order valence-corrected chi connectivity index (χ0v) is 16.0. The molecule has 4 rings (SSSR count). The number of carbonyl (C=O) groups is 1. The highest BCUT2D eigenvalue weighted by molar-refractivity contribution is 6.02. The van der Waals surface area contributed by atoms with Gasteiger partial charge in [0.2, 0.25) is 0 Å². The van der Waals surface area contributed by atoms with Gasteiger partial charge in [0.25, 0.3) is 5.91 Å².